The van der Waals surface area contributed by atoms with E-state index in [0.29, 0.717) is 41.7 Å². The SMILES string of the molecule is CCOc1ccccc1C(=O)N1CCC[C@H](c2nnc(C(=O)Nc3cccc(Cl)c3)s2)C1. The van der Waals surface area contributed by atoms with Gasteiger partial charge in [0, 0.05) is 29.7 Å². The molecule has 2 heterocycles. The zero-order chi connectivity index (χ0) is 22.5. The molecule has 0 spiro atoms. The number of hydrogen-bond acceptors (Lipinski definition) is 6. The lowest BCUT2D eigenvalue weighted by molar-refractivity contribution is 0.0702. The maximum absolute atomic E-state index is 13.2. The number of anilines is 1. The van der Waals surface area contributed by atoms with Crippen LogP contribution in [0.5, 0.6) is 5.75 Å². The van der Waals surface area contributed by atoms with Gasteiger partial charge in [0.05, 0.1) is 12.2 Å². The number of rotatable bonds is 6. The molecule has 2 amide bonds. The van der Waals surface area contributed by atoms with Crippen molar-refractivity contribution in [3.8, 4) is 5.75 Å². The Bertz CT molecular complexity index is 1120. The third-order valence-electron chi connectivity index (χ3n) is 5.19. The van der Waals surface area contributed by atoms with E-state index in [2.05, 4.69) is 15.5 Å². The van der Waals surface area contributed by atoms with Gasteiger partial charge in [0.2, 0.25) is 5.01 Å². The first-order valence-electron chi connectivity index (χ1n) is 10.5. The molecule has 1 atom stereocenters. The van der Waals surface area contributed by atoms with Crippen LogP contribution in [0.25, 0.3) is 0 Å². The molecule has 2 aromatic carbocycles. The van der Waals surface area contributed by atoms with Gasteiger partial charge in [0.25, 0.3) is 11.8 Å². The van der Waals surface area contributed by atoms with Crippen molar-refractivity contribution in [1.82, 2.24) is 15.1 Å². The molecule has 0 aliphatic carbocycles. The van der Waals surface area contributed by atoms with E-state index in [1.807, 2.05) is 30.0 Å². The predicted molar refractivity (Wildman–Crippen MR) is 125 cm³/mol. The summed E-state index contributed by atoms with van der Waals surface area (Å²) in [5, 5.41) is 12.7. The van der Waals surface area contributed by atoms with Crippen molar-refractivity contribution in [2.24, 2.45) is 0 Å². The Hall–Kier alpha value is -2.97. The molecule has 7 nitrogen and oxygen atoms in total. The summed E-state index contributed by atoms with van der Waals surface area (Å²) in [5.41, 5.74) is 1.16. The Morgan fingerprint density at radius 3 is 2.88 bits per heavy atom. The molecule has 1 N–H and O–H groups in total. The molecule has 0 unspecified atom stereocenters. The van der Waals surface area contributed by atoms with Crippen LogP contribution in [-0.2, 0) is 0 Å². The van der Waals surface area contributed by atoms with Crippen LogP contribution in [0.15, 0.2) is 48.5 Å². The number of amides is 2. The molecule has 0 radical (unpaired) electrons. The van der Waals surface area contributed by atoms with Crippen LogP contribution in [0.1, 0.15) is 50.9 Å². The number of ether oxygens (including phenoxy) is 1. The number of piperidine rings is 1. The molecule has 1 aromatic heterocycles. The van der Waals surface area contributed by atoms with E-state index in [4.69, 9.17) is 16.3 Å². The quantitative estimate of drug-likeness (QED) is 0.556. The average molecular weight is 471 g/mol. The molecule has 1 saturated heterocycles. The Kier molecular flexibility index (Phi) is 7.02. The highest BCUT2D eigenvalue weighted by Gasteiger charge is 2.29. The van der Waals surface area contributed by atoms with E-state index in [1.54, 1.807) is 30.3 Å². The summed E-state index contributed by atoms with van der Waals surface area (Å²) in [6, 6.07) is 14.2. The standard InChI is InChI=1S/C23H23ClN4O3S/c1-2-31-19-11-4-3-10-18(19)23(30)28-12-6-7-15(14-28)21-26-27-22(32-21)20(29)25-17-9-5-8-16(24)13-17/h3-5,8-11,13,15H,2,6-7,12,14H2,1H3,(H,25,29)/t15-/m0/s1. The second-order valence-corrected chi connectivity index (χ2v) is 8.87. The second kappa shape index (κ2) is 10.1. The largest absolute Gasteiger partial charge is 0.493 e. The van der Waals surface area contributed by atoms with Crippen molar-refractivity contribution in [2.75, 3.05) is 25.0 Å². The van der Waals surface area contributed by atoms with Gasteiger partial charge >= 0.3 is 0 Å². The molecule has 9 heteroatoms. The summed E-state index contributed by atoms with van der Waals surface area (Å²) in [4.78, 5) is 27.5. The fraction of sp³-hybridized carbons (Fsp3) is 0.304. The monoisotopic (exact) mass is 470 g/mol. The number of carbonyl (C=O) groups excluding carboxylic acids is 2. The molecule has 1 aliphatic rings. The van der Waals surface area contributed by atoms with Gasteiger partial charge in [-0.05, 0) is 50.1 Å². The number of likely N-dealkylation sites (tertiary alicyclic amines) is 1. The summed E-state index contributed by atoms with van der Waals surface area (Å²) >= 11 is 7.24. The summed E-state index contributed by atoms with van der Waals surface area (Å²) in [6.07, 6.45) is 1.75. The van der Waals surface area contributed by atoms with E-state index in [1.165, 1.54) is 11.3 Å². The van der Waals surface area contributed by atoms with Crippen molar-refractivity contribution in [3.05, 3.63) is 69.1 Å². The predicted octanol–water partition coefficient (Wildman–Crippen LogP) is 4.86. The Morgan fingerprint density at radius 1 is 1.22 bits per heavy atom. The van der Waals surface area contributed by atoms with E-state index < -0.39 is 0 Å². The summed E-state index contributed by atoms with van der Waals surface area (Å²) in [7, 11) is 0. The van der Waals surface area contributed by atoms with Crippen LogP contribution in [0.4, 0.5) is 5.69 Å². The van der Waals surface area contributed by atoms with Gasteiger partial charge < -0.3 is 15.0 Å². The zero-order valence-electron chi connectivity index (χ0n) is 17.6. The van der Waals surface area contributed by atoms with Crippen LogP contribution >= 0.6 is 22.9 Å². The van der Waals surface area contributed by atoms with Crippen LogP contribution in [0.3, 0.4) is 0 Å². The molecule has 3 aromatic rings. The van der Waals surface area contributed by atoms with Gasteiger partial charge in [-0.3, -0.25) is 9.59 Å². The molecular weight excluding hydrogens is 448 g/mol. The summed E-state index contributed by atoms with van der Waals surface area (Å²) in [5.74, 6) is 0.253. The van der Waals surface area contributed by atoms with E-state index >= 15 is 0 Å². The van der Waals surface area contributed by atoms with E-state index in [9.17, 15) is 9.59 Å². The molecule has 0 bridgehead atoms. The first kappa shape index (κ1) is 22.2. The highest BCUT2D eigenvalue weighted by molar-refractivity contribution is 7.13. The Morgan fingerprint density at radius 2 is 2.06 bits per heavy atom. The topological polar surface area (TPSA) is 84.4 Å². The van der Waals surface area contributed by atoms with Crippen molar-refractivity contribution >= 4 is 40.4 Å². The van der Waals surface area contributed by atoms with Crippen molar-refractivity contribution in [3.63, 3.8) is 0 Å². The minimum Gasteiger partial charge on any atom is -0.493 e. The van der Waals surface area contributed by atoms with Crippen LogP contribution in [-0.4, -0.2) is 46.6 Å². The fourth-order valence-electron chi connectivity index (χ4n) is 3.70. The van der Waals surface area contributed by atoms with Gasteiger partial charge in [-0.25, -0.2) is 0 Å². The van der Waals surface area contributed by atoms with Gasteiger partial charge in [-0.15, -0.1) is 10.2 Å². The van der Waals surface area contributed by atoms with E-state index in [-0.39, 0.29) is 22.7 Å². The van der Waals surface area contributed by atoms with Crippen LogP contribution < -0.4 is 10.1 Å². The minimum atomic E-state index is -0.328. The Labute approximate surface area is 195 Å². The third kappa shape index (κ3) is 5.08. The van der Waals surface area contributed by atoms with Gasteiger partial charge in [0.15, 0.2) is 0 Å². The molecule has 166 valence electrons. The maximum atomic E-state index is 13.2. The number of hydrogen-bond donors (Lipinski definition) is 1. The number of carbonyl (C=O) groups is 2. The van der Waals surface area contributed by atoms with Crippen molar-refractivity contribution in [1.29, 1.82) is 0 Å². The molecular formula is C23H23ClN4O3S. The van der Waals surface area contributed by atoms with Crippen LogP contribution in [0.2, 0.25) is 5.02 Å². The molecule has 1 fully saturated rings. The van der Waals surface area contributed by atoms with Gasteiger partial charge in [-0.1, -0.05) is 41.1 Å². The molecule has 0 saturated carbocycles. The van der Waals surface area contributed by atoms with Crippen molar-refractivity contribution in [2.45, 2.75) is 25.7 Å². The highest BCUT2D eigenvalue weighted by atomic mass is 35.5. The number of nitrogens with one attached hydrogen (secondary N) is 1. The fourth-order valence-corrected chi connectivity index (χ4v) is 4.75. The van der Waals surface area contributed by atoms with E-state index in [0.717, 1.165) is 17.8 Å². The number of aromatic nitrogens is 2. The van der Waals surface area contributed by atoms with Crippen molar-refractivity contribution < 1.29 is 14.3 Å². The number of benzene rings is 2. The lowest BCUT2D eigenvalue weighted by atomic mass is 9.98. The molecule has 32 heavy (non-hydrogen) atoms. The average Bonchev–Trinajstić information content (AvgIpc) is 3.30. The minimum absolute atomic E-state index is 0.0391. The molecule has 4 rings (SSSR count). The number of nitrogens with zero attached hydrogens (tertiary/aromatic N) is 3. The number of halogens is 1. The maximum Gasteiger partial charge on any atom is 0.286 e. The molecule has 1 aliphatic heterocycles. The lowest BCUT2D eigenvalue weighted by Crippen LogP contribution is -2.39. The lowest BCUT2D eigenvalue weighted by Gasteiger charge is -2.32. The second-order valence-electron chi connectivity index (χ2n) is 7.43. The van der Waals surface area contributed by atoms with Gasteiger partial charge in [-0.2, -0.15) is 0 Å². The first-order chi connectivity index (χ1) is 15.5. The number of para-hydroxylation sites is 1. The van der Waals surface area contributed by atoms with Gasteiger partial charge in [0.1, 0.15) is 10.8 Å². The van der Waals surface area contributed by atoms with Crippen LogP contribution in [0, 0.1) is 0 Å². The summed E-state index contributed by atoms with van der Waals surface area (Å²) in [6.45, 7) is 3.60. The highest BCUT2D eigenvalue weighted by Crippen LogP contribution is 2.31. The third-order valence-corrected chi connectivity index (χ3v) is 6.51. The zero-order valence-corrected chi connectivity index (χ0v) is 19.2. The first-order valence-corrected chi connectivity index (χ1v) is 11.7. The normalized spacial score (nSPS) is 15.9. The Balaban J connectivity index is 1.44. The smallest absolute Gasteiger partial charge is 0.286 e. The summed E-state index contributed by atoms with van der Waals surface area (Å²) < 4.78 is 5.63.